The molecule has 0 bridgehead atoms. The minimum absolute atomic E-state index is 0.188. The quantitative estimate of drug-likeness (QED) is 0.753. The molecule has 128 valence electrons. The summed E-state index contributed by atoms with van der Waals surface area (Å²) in [6, 6.07) is 11.6. The maximum Gasteiger partial charge on any atom is 0.288 e. The summed E-state index contributed by atoms with van der Waals surface area (Å²) >= 11 is 0.454. The van der Waals surface area contributed by atoms with Crippen molar-refractivity contribution in [1.82, 2.24) is 0 Å². The average molecular weight is 353 g/mol. The van der Waals surface area contributed by atoms with E-state index in [9.17, 15) is 13.6 Å². The van der Waals surface area contributed by atoms with E-state index in [4.69, 9.17) is 9.47 Å². The van der Waals surface area contributed by atoms with Crippen molar-refractivity contribution in [1.29, 1.82) is 0 Å². The molecule has 4 nitrogen and oxygen atoms in total. The van der Waals surface area contributed by atoms with Crippen LogP contribution in [0.15, 0.2) is 47.4 Å². The van der Waals surface area contributed by atoms with Gasteiger partial charge in [0.15, 0.2) is 18.1 Å². The Bertz CT molecular complexity index is 693. The molecule has 0 heterocycles. The Kier molecular flexibility index (Phi) is 6.43. The van der Waals surface area contributed by atoms with Gasteiger partial charge in [0.25, 0.3) is 11.7 Å². The number of alkyl halides is 2. The van der Waals surface area contributed by atoms with Gasteiger partial charge in [-0.05, 0) is 48.9 Å². The third kappa shape index (κ3) is 5.42. The number of thioether (sulfide) groups is 1. The summed E-state index contributed by atoms with van der Waals surface area (Å²) in [5.74, 6) is -1.80. The maximum atomic E-state index is 12.2. The molecule has 7 heteroatoms. The number of methoxy groups -OCH3 is 1. The van der Waals surface area contributed by atoms with Gasteiger partial charge in [0.1, 0.15) is 0 Å². The predicted molar refractivity (Wildman–Crippen MR) is 90.2 cm³/mol. The van der Waals surface area contributed by atoms with Crippen molar-refractivity contribution in [3.8, 4) is 11.5 Å². The number of carbonyl (C=O) groups excluding carboxylic acids is 1. The van der Waals surface area contributed by atoms with Crippen LogP contribution in [0.4, 0.5) is 14.5 Å². The molecule has 0 aromatic heterocycles. The van der Waals surface area contributed by atoms with Crippen LogP contribution >= 0.6 is 11.8 Å². The Morgan fingerprint density at radius 2 is 1.88 bits per heavy atom. The first-order chi connectivity index (χ1) is 11.5. The van der Waals surface area contributed by atoms with Crippen LogP contribution in [0.5, 0.6) is 11.5 Å². The van der Waals surface area contributed by atoms with Crippen LogP contribution in [0.1, 0.15) is 5.56 Å². The molecule has 0 aliphatic carbocycles. The summed E-state index contributed by atoms with van der Waals surface area (Å²) < 4.78 is 35.1. The Labute approximate surface area is 143 Å². The molecule has 0 aliphatic rings. The number of aryl methyl sites for hydroxylation is 1. The zero-order chi connectivity index (χ0) is 17.5. The number of halogens is 2. The van der Waals surface area contributed by atoms with Crippen LogP contribution in [0, 0.1) is 6.92 Å². The minimum atomic E-state index is -2.47. The Morgan fingerprint density at radius 3 is 2.50 bits per heavy atom. The summed E-state index contributed by atoms with van der Waals surface area (Å²) in [7, 11) is 1.53. The van der Waals surface area contributed by atoms with Crippen molar-refractivity contribution in [2.24, 2.45) is 0 Å². The first kappa shape index (κ1) is 18.1. The van der Waals surface area contributed by atoms with Gasteiger partial charge < -0.3 is 14.8 Å². The Morgan fingerprint density at radius 1 is 1.17 bits per heavy atom. The number of rotatable bonds is 7. The molecule has 0 aliphatic heterocycles. The first-order valence-corrected chi connectivity index (χ1v) is 7.98. The van der Waals surface area contributed by atoms with Gasteiger partial charge in [-0.1, -0.05) is 17.8 Å². The highest BCUT2D eigenvalue weighted by Gasteiger charge is 2.09. The normalized spacial score (nSPS) is 10.5. The van der Waals surface area contributed by atoms with Gasteiger partial charge in [0, 0.05) is 10.6 Å². The van der Waals surface area contributed by atoms with Crippen molar-refractivity contribution >= 4 is 23.4 Å². The van der Waals surface area contributed by atoms with Crippen LogP contribution in [0.2, 0.25) is 0 Å². The summed E-state index contributed by atoms with van der Waals surface area (Å²) in [4.78, 5) is 12.3. The van der Waals surface area contributed by atoms with Crippen LogP contribution in [-0.4, -0.2) is 25.4 Å². The lowest BCUT2D eigenvalue weighted by Gasteiger charge is -2.11. The number of anilines is 1. The number of benzene rings is 2. The van der Waals surface area contributed by atoms with Crippen molar-refractivity contribution in [3.05, 3.63) is 48.0 Å². The van der Waals surface area contributed by atoms with E-state index in [0.29, 0.717) is 33.8 Å². The molecule has 0 unspecified atom stereocenters. The van der Waals surface area contributed by atoms with E-state index in [0.717, 1.165) is 5.56 Å². The van der Waals surface area contributed by atoms with Gasteiger partial charge in [0.2, 0.25) is 0 Å². The van der Waals surface area contributed by atoms with Crippen molar-refractivity contribution in [2.45, 2.75) is 17.6 Å². The Hall–Kier alpha value is -2.28. The highest BCUT2D eigenvalue weighted by Crippen LogP contribution is 2.28. The van der Waals surface area contributed by atoms with E-state index in [1.807, 2.05) is 19.1 Å². The van der Waals surface area contributed by atoms with Crippen LogP contribution in [0.3, 0.4) is 0 Å². The van der Waals surface area contributed by atoms with Crippen LogP contribution in [0.25, 0.3) is 0 Å². The number of ether oxygens (including phenoxy) is 2. The zero-order valence-corrected chi connectivity index (χ0v) is 14.0. The van der Waals surface area contributed by atoms with E-state index in [2.05, 4.69) is 5.32 Å². The average Bonchev–Trinajstić information content (AvgIpc) is 2.55. The molecular formula is C17H17F2NO3S. The molecule has 0 atom stereocenters. The summed E-state index contributed by atoms with van der Waals surface area (Å²) in [5, 5.41) is 2.64. The lowest BCUT2D eigenvalue weighted by atomic mass is 10.2. The van der Waals surface area contributed by atoms with Gasteiger partial charge in [-0.25, -0.2) is 0 Å². The van der Waals surface area contributed by atoms with Crippen LogP contribution < -0.4 is 14.8 Å². The molecule has 1 N–H and O–H groups in total. The lowest BCUT2D eigenvalue weighted by Crippen LogP contribution is -2.20. The number of nitrogens with one attached hydrogen (secondary N) is 1. The maximum absolute atomic E-state index is 12.2. The fourth-order valence-corrected chi connectivity index (χ4v) is 2.45. The molecule has 2 rings (SSSR count). The molecule has 2 aromatic rings. The molecule has 1 amide bonds. The molecule has 24 heavy (non-hydrogen) atoms. The van der Waals surface area contributed by atoms with Crippen molar-refractivity contribution in [2.75, 3.05) is 19.0 Å². The fraction of sp³-hybridized carbons (Fsp3) is 0.235. The smallest absolute Gasteiger partial charge is 0.288 e. The van der Waals surface area contributed by atoms with E-state index in [-0.39, 0.29) is 12.5 Å². The highest BCUT2D eigenvalue weighted by atomic mass is 32.2. The van der Waals surface area contributed by atoms with Gasteiger partial charge >= 0.3 is 0 Å². The van der Waals surface area contributed by atoms with Crippen molar-refractivity contribution < 1.29 is 23.0 Å². The van der Waals surface area contributed by atoms with E-state index >= 15 is 0 Å². The molecule has 0 spiro atoms. The van der Waals surface area contributed by atoms with E-state index in [1.165, 1.54) is 19.2 Å². The van der Waals surface area contributed by atoms with Gasteiger partial charge in [-0.15, -0.1) is 0 Å². The molecule has 2 aromatic carbocycles. The number of hydrogen-bond donors (Lipinski definition) is 1. The predicted octanol–water partition coefficient (Wildman–Crippen LogP) is 4.34. The number of amides is 1. The summed E-state index contributed by atoms with van der Waals surface area (Å²) in [6.07, 6.45) is 0. The summed E-state index contributed by atoms with van der Waals surface area (Å²) in [6.45, 7) is 1.74. The fourth-order valence-electron chi connectivity index (χ4n) is 1.95. The van der Waals surface area contributed by atoms with E-state index < -0.39 is 5.76 Å². The molecule has 0 saturated carbocycles. The molecular weight excluding hydrogens is 336 g/mol. The second-order valence-electron chi connectivity index (χ2n) is 4.89. The summed E-state index contributed by atoms with van der Waals surface area (Å²) in [5.41, 5.74) is 1.53. The third-order valence-corrected chi connectivity index (χ3v) is 3.76. The second-order valence-corrected chi connectivity index (χ2v) is 5.96. The minimum Gasteiger partial charge on any atom is -0.493 e. The number of carbonyl (C=O) groups is 1. The zero-order valence-electron chi connectivity index (χ0n) is 13.2. The number of hydrogen-bond acceptors (Lipinski definition) is 4. The molecule has 0 saturated heterocycles. The highest BCUT2D eigenvalue weighted by molar-refractivity contribution is 7.99. The van der Waals surface area contributed by atoms with Gasteiger partial charge in [-0.2, -0.15) is 8.78 Å². The van der Waals surface area contributed by atoms with E-state index in [1.54, 1.807) is 18.2 Å². The molecule has 0 radical (unpaired) electrons. The van der Waals surface area contributed by atoms with Crippen molar-refractivity contribution in [3.63, 3.8) is 0 Å². The largest absolute Gasteiger partial charge is 0.493 e. The van der Waals surface area contributed by atoms with Crippen LogP contribution in [-0.2, 0) is 4.79 Å². The lowest BCUT2D eigenvalue weighted by molar-refractivity contribution is -0.118. The standard InChI is InChI=1S/C17H17F2NO3S/c1-11-3-8-14(15(9-11)22-2)23-10-16(21)20-12-4-6-13(7-5-12)24-17(18)19/h3-9,17H,10H2,1-2H3,(H,20,21). The SMILES string of the molecule is COc1cc(C)ccc1OCC(=O)Nc1ccc(SC(F)F)cc1. The monoisotopic (exact) mass is 353 g/mol. The second kappa shape index (κ2) is 8.54. The third-order valence-electron chi connectivity index (χ3n) is 3.04. The first-order valence-electron chi connectivity index (χ1n) is 7.10. The van der Waals surface area contributed by atoms with Gasteiger partial charge in [-0.3, -0.25) is 4.79 Å². The Balaban J connectivity index is 1.89. The molecule has 0 fully saturated rings. The van der Waals surface area contributed by atoms with Gasteiger partial charge in [0.05, 0.1) is 7.11 Å². The topological polar surface area (TPSA) is 47.6 Å².